The third-order valence-electron chi connectivity index (χ3n) is 2.15. The summed E-state index contributed by atoms with van der Waals surface area (Å²) < 4.78 is 5.95. The number of hydrogen-bond acceptors (Lipinski definition) is 3. The number of benzene rings is 1. The maximum absolute atomic E-state index is 11.7. The fourth-order valence-electron chi connectivity index (χ4n) is 1.25. The molecule has 0 atom stereocenters. The first-order valence-corrected chi connectivity index (χ1v) is 5.75. The van der Waals surface area contributed by atoms with Gasteiger partial charge in [0.2, 0.25) is 0 Å². The molecule has 0 heterocycles. The third-order valence-corrected chi connectivity index (χ3v) is 2.65. The summed E-state index contributed by atoms with van der Waals surface area (Å²) in [6.45, 7) is 2.44. The average Bonchev–Trinajstić information content (AvgIpc) is 2.25. The summed E-state index contributed by atoms with van der Waals surface area (Å²) in [5.41, 5.74) is 7.07. The lowest BCUT2D eigenvalue weighted by atomic mass is 10.2. The molecule has 0 saturated heterocycles. The van der Waals surface area contributed by atoms with E-state index < -0.39 is 0 Å². The molecule has 0 aliphatic heterocycles. The van der Waals surface area contributed by atoms with Crippen LogP contribution in [0, 0.1) is 0 Å². The number of nitrogens with zero attached hydrogens (tertiary/aromatic N) is 1. The molecule has 0 fully saturated rings. The van der Waals surface area contributed by atoms with Gasteiger partial charge in [-0.2, -0.15) is 0 Å². The lowest BCUT2D eigenvalue weighted by Crippen LogP contribution is -2.30. The Morgan fingerprint density at radius 2 is 2.25 bits per heavy atom. The van der Waals surface area contributed by atoms with E-state index in [1.807, 2.05) is 13.0 Å². The zero-order chi connectivity index (χ0) is 12.1. The molecule has 2 N–H and O–H groups in total. The van der Waals surface area contributed by atoms with Crippen molar-refractivity contribution in [2.45, 2.75) is 6.92 Å². The standard InChI is InChI=1S/C11H15BrN2O2/c1-3-16-7-11(15)14(2)10-5-4-8(12)6-9(10)13/h4-6H,3,7,13H2,1-2H3. The van der Waals surface area contributed by atoms with Gasteiger partial charge in [0.15, 0.2) is 0 Å². The van der Waals surface area contributed by atoms with Gasteiger partial charge in [0.05, 0.1) is 11.4 Å². The average molecular weight is 287 g/mol. The minimum atomic E-state index is -0.115. The van der Waals surface area contributed by atoms with Gasteiger partial charge in [-0.05, 0) is 25.1 Å². The van der Waals surface area contributed by atoms with Crippen molar-refractivity contribution in [3.8, 4) is 0 Å². The van der Waals surface area contributed by atoms with Crippen LogP contribution in [0.5, 0.6) is 0 Å². The molecule has 1 aromatic rings. The molecule has 16 heavy (non-hydrogen) atoms. The number of carbonyl (C=O) groups excluding carboxylic acids is 1. The van der Waals surface area contributed by atoms with Crippen LogP contribution < -0.4 is 10.6 Å². The number of likely N-dealkylation sites (N-methyl/N-ethyl adjacent to an activating group) is 1. The fourth-order valence-corrected chi connectivity index (χ4v) is 1.63. The van der Waals surface area contributed by atoms with E-state index in [0.717, 1.165) is 4.47 Å². The minimum absolute atomic E-state index is 0.0719. The van der Waals surface area contributed by atoms with Crippen molar-refractivity contribution in [2.75, 3.05) is 30.9 Å². The number of ether oxygens (including phenoxy) is 1. The lowest BCUT2D eigenvalue weighted by molar-refractivity contribution is -0.122. The summed E-state index contributed by atoms with van der Waals surface area (Å²) in [6, 6.07) is 5.40. The van der Waals surface area contributed by atoms with Crippen molar-refractivity contribution in [3.63, 3.8) is 0 Å². The smallest absolute Gasteiger partial charge is 0.252 e. The number of anilines is 2. The molecule has 0 aliphatic carbocycles. The van der Waals surface area contributed by atoms with Crippen LogP contribution in [-0.2, 0) is 9.53 Å². The van der Waals surface area contributed by atoms with Gasteiger partial charge in [-0.15, -0.1) is 0 Å². The maximum atomic E-state index is 11.7. The second-order valence-corrected chi connectivity index (χ2v) is 4.21. The van der Waals surface area contributed by atoms with E-state index in [9.17, 15) is 4.79 Å². The van der Waals surface area contributed by atoms with Crippen LogP contribution in [0.3, 0.4) is 0 Å². The van der Waals surface area contributed by atoms with Crippen LogP contribution in [0.15, 0.2) is 22.7 Å². The zero-order valence-electron chi connectivity index (χ0n) is 9.37. The molecule has 0 saturated carbocycles. The number of halogens is 1. The highest BCUT2D eigenvalue weighted by Crippen LogP contribution is 2.25. The molecule has 0 aromatic heterocycles. The van der Waals surface area contributed by atoms with E-state index in [-0.39, 0.29) is 12.5 Å². The minimum Gasteiger partial charge on any atom is -0.397 e. The number of carbonyl (C=O) groups is 1. The molecule has 0 unspecified atom stereocenters. The molecular formula is C11H15BrN2O2. The lowest BCUT2D eigenvalue weighted by Gasteiger charge is -2.19. The van der Waals surface area contributed by atoms with Crippen molar-refractivity contribution in [3.05, 3.63) is 22.7 Å². The Morgan fingerprint density at radius 3 is 2.81 bits per heavy atom. The summed E-state index contributed by atoms with van der Waals surface area (Å²) in [5.74, 6) is -0.115. The van der Waals surface area contributed by atoms with Crippen molar-refractivity contribution < 1.29 is 9.53 Å². The first-order chi connectivity index (χ1) is 7.56. The summed E-state index contributed by atoms with van der Waals surface area (Å²) in [6.07, 6.45) is 0. The Bertz CT molecular complexity index is 382. The van der Waals surface area contributed by atoms with E-state index in [2.05, 4.69) is 15.9 Å². The first-order valence-electron chi connectivity index (χ1n) is 4.95. The molecule has 4 nitrogen and oxygen atoms in total. The van der Waals surface area contributed by atoms with E-state index in [4.69, 9.17) is 10.5 Å². The topological polar surface area (TPSA) is 55.6 Å². The third kappa shape index (κ3) is 3.21. The summed E-state index contributed by atoms with van der Waals surface area (Å²) in [7, 11) is 1.68. The Balaban J connectivity index is 2.79. The van der Waals surface area contributed by atoms with Crippen molar-refractivity contribution in [1.82, 2.24) is 0 Å². The highest BCUT2D eigenvalue weighted by atomic mass is 79.9. The molecular weight excluding hydrogens is 272 g/mol. The number of amides is 1. The normalized spacial score (nSPS) is 10.2. The zero-order valence-corrected chi connectivity index (χ0v) is 11.0. The predicted molar refractivity (Wildman–Crippen MR) is 68.5 cm³/mol. The van der Waals surface area contributed by atoms with E-state index in [1.54, 1.807) is 19.2 Å². The molecule has 0 spiro atoms. The molecule has 0 aliphatic rings. The first kappa shape index (κ1) is 13.0. The van der Waals surface area contributed by atoms with Gasteiger partial charge in [-0.1, -0.05) is 15.9 Å². The molecule has 1 amide bonds. The summed E-state index contributed by atoms with van der Waals surface area (Å²) in [5, 5.41) is 0. The Morgan fingerprint density at radius 1 is 1.56 bits per heavy atom. The van der Waals surface area contributed by atoms with Crippen molar-refractivity contribution in [2.24, 2.45) is 0 Å². The second kappa shape index (κ2) is 5.86. The van der Waals surface area contributed by atoms with Crippen LogP contribution in [0.1, 0.15) is 6.92 Å². The van der Waals surface area contributed by atoms with Gasteiger partial charge >= 0.3 is 0 Å². The number of hydrogen-bond donors (Lipinski definition) is 1. The van der Waals surface area contributed by atoms with Crippen LogP contribution in [0.25, 0.3) is 0 Å². The quantitative estimate of drug-likeness (QED) is 0.862. The fraction of sp³-hybridized carbons (Fsp3) is 0.364. The molecule has 0 radical (unpaired) electrons. The Hall–Kier alpha value is -1.07. The molecule has 1 aromatic carbocycles. The van der Waals surface area contributed by atoms with Crippen LogP contribution in [0.4, 0.5) is 11.4 Å². The molecule has 1 rings (SSSR count). The molecule has 5 heteroatoms. The maximum Gasteiger partial charge on any atom is 0.252 e. The van der Waals surface area contributed by atoms with Crippen LogP contribution >= 0.6 is 15.9 Å². The Kier molecular flexibility index (Phi) is 4.76. The van der Waals surface area contributed by atoms with Crippen molar-refractivity contribution >= 4 is 33.2 Å². The second-order valence-electron chi connectivity index (χ2n) is 3.29. The van der Waals surface area contributed by atoms with Gasteiger partial charge in [0.25, 0.3) is 5.91 Å². The number of nitrogens with two attached hydrogens (primary N) is 1. The highest BCUT2D eigenvalue weighted by molar-refractivity contribution is 9.10. The van der Waals surface area contributed by atoms with E-state index in [1.165, 1.54) is 4.90 Å². The predicted octanol–water partition coefficient (Wildman–Crippen LogP) is 2.03. The monoisotopic (exact) mass is 286 g/mol. The number of rotatable bonds is 4. The van der Waals surface area contributed by atoms with E-state index >= 15 is 0 Å². The number of nitrogen functional groups attached to an aromatic ring is 1. The van der Waals surface area contributed by atoms with E-state index in [0.29, 0.717) is 18.0 Å². The van der Waals surface area contributed by atoms with Crippen LogP contribution in [-0.4, -0.2) is 26.2 Å². The van der Waals surface area contributed by atoms with Gasteiger partial charge in [-0.25, -0.2) is 0 Å². The molecule has 88 valence electrons. The highest BCUT2D eigenvalue weighted by Gasteiger charge is 2.13. The van der Waals surface area contributed by atoms with Crippen LogP contribution in [0.2, 0.25) is 0 Å². The molecule has 0 bridgehead atoms. The Labute approximate surface area is 103 Å². The largest absolute Gasteiger partial charge is 0.397 e. The summed E-state index contributed by atoms with van der Waals surface area (Å²) in [4.78, 5) is 13.2. The van der Waals surface area contributed by atoms with Gasteiger partial charge < -0.3 is 15.4 Å². The van der Waals surface area contributed by atoms with Gasteiger partial charge in [0.1, 0.15) is 6.61 Å². The summed E-state index contributed by atoms with van der Waals surface area (Å²) >= 11 is 3.32. The SMILES string of the molecule is CCOCC(=O)N(C)c1ccc(Br)cc1N. The van der Waals surface area contributed by atoms with Gasteiger partial charge in [0, 0.05) is 18.1 Å². The van der Waals surface area contributed by atoms with Crippen molar-refractivity contribution in [1.29, 1.82) is 0 Å². The van der Waals surface area contributed by atoms with Gasteiger partial charge in [-0.3, -0.25) is 4.79 Å².